The molecule has 1 unspecified atom stereocenters. The number of piperazine rings is 1. The van der Waals surface area contributed by atoms with E-state index in [1.165, 1.54) is 45.3 Å². The predicted molar refractivity (Wildman–Crippen MR) is 62.7 cm³/mol. The number of nitrogens with one attached hydrogen (secondary N) is 1. The van der Waals surface area contributed by atoms with Crippen LogP contribution in [0.1, 0.15) is 46.5 Å². The Morgan fingerprint density at radius 2 is 2.07 bits per heavy atom. The first-order chi connectivity index (χ1) is 6.70. The van der Waals surface area contributed by atoms with Crippen LogP contribution in [0.25, 0.3) is 0 Å². The molecule has 1 aliphatic rings. The number of rotatable bonds is 5. The summed E-state index contributed by atoms with van der Waals surface area (Å²) in [5.41, 5.74) is 0.366. The molecular weight excluding hydrogens is 172 g/mol. The lowest BCUT2D eigenvalue weighted by atomic mass is 9.96. The summed E-state index contributed by atoms with van der Waals surface area (Å²) >= 11 is 0. The second-order valence-corrected chi connectivity index (χ2v) is 4.82. The second-order valence-electron chi connectivity index (χ2n) is 4.82. The topological polar surface area (TPSA) is 15.3 Å². The largest absolute Gasteiger partial charge is 0.309 e. The molecule has 0 aromatic rings. The molecule has 1 aliphatic heterocycles. The first kappa shape index (κ1) is 12.0. The van der Waals surface area contributed by atoms with Gasteiger partial charge in [0, 0.05) is 25.2 Å². The average Bonchev–Trinajstić information content (AvgIpc) is 2.19. The van der Waals surface area contributed by atoms with Gasteiger partial charge in [-0.25, -0.2) is 0 Å². The maximum atomic E-state index is 3.62. The minimum atomic E-state index is 0.366. The zero-order valence-electron chi connectivity index (χ0n) is 10.1. The van der Waals surface area contributed by atoms with E-state index in [9.17, 15) is 0 Å². The zero-order chi connectivity index (χ0) is 10.4. The summed E-state index contributed by atoms with van der Waals surface area (Å²) < 4.78 is 0. The molecule has 1 heterocycles. The van der Waals surface area contributed by atoms with Gasteiger partial charge in [0.2, 0.25) is 0 Å². The first-order valence-electron chi connectivity index (χ1n) is 6.17. The fourth-order valence-electron chi connectivity index (χ4n) is 2.16. The van der Waals surface area contributed by atoms with Gasteiger partial charge in [-0.3, -0.25) is 0 Å². The van der Waals surface area contributed by atoms with Crippen molar-refractivity contribution in [2.75, 3.05) is 26.2 Å². The van der Waals surface area contributed by atoms with Crippen molar-refractivity contribution >= 4 is 0 Å². The van der Waals surface area contributed by atoms with Crippen molar-refractivity contribution in [3.8, 4) is 0 Å². The minimum absolute atomic E-state index is 0.366. The van der Waals surface area contributed by atoms with Crippen LogP contribution in [0.2, 0.25) is 0 Å². The third kappa shape index (κ3) is 3.58. The number of nitrogens with zero attached hydrogens (tertiary/aromatic N) is 1. The monoisotopic (exact) mass is 198 g/mol. The minimum Gasteiger partial charge on any atom is -0.309 e. The highest BCUT2D eigenvalue weighted by Crippen LogP contribution is 2.15. The molecule has 1 rings (SSSR count). The fraction of sp³-hybridized carbons (Fsp3) is 1.00. The normalized spacial score (nSPS) is 29.4. The summed E-state index contributed by atoms with van der Waals surface area (Å²) in [5, 5.41) is 3.62. The summed E-state index contributed by atoms with van der Waals surface area (Å²) in [6, 6.07) is 0. The van der Waals surface area contributed by atoms with Gasteiger partial charge >= 0.3 is 0 Å². The van der Waals surface area contributed by atoms with Gasteiger partial charge in [0.05, 0.1) is 0 Å². The van der Waals surface area contributed by atoms with Crippen LogP contribution in [-0.2, 0) is 0 Å². The Labute approximate surface area is 89.1 Å². The number of hydrogen-bond acceptors (Lipinski definition) is 2. The van der Waals surface area contributed by atoms with Crippen LogP contribution >= 0.6 is 0 Å². The van der Waals surface area contributed by atoms with Crippen molar-refractivity contribution in [1.29, 1.82) is 0 Å². The highest BCUT2D eigenvalue weighted by Gasteiger charge is 2.27. The van der Waals surface area contributed by atoms with E-state index in [1.807, 2.05) is 0 Å². The Morgan fingerprint density at radius 3 is 2.71 bits per heavy atom. The SMILES string of the molecule is CCCCCN1CCNC(C)(CC)C1. The lowest BCUT2D eigenvalue weighted by Gasteiger charge is -2.41. The molecule has 14 heavy (non-hydrogen) atoms. The number of unbranched alkanes of at least 4 members (excludes halogenated alkanes) is 2. The zero-order valence-corrected chi connectivity index (χ0v) is 10.1. The molecule has 84 valence electrons. The molecule has 1 atom stereocenters. The quantitative estimate of drug-likeness (QED) is 0.682. The molecule has 0 spiro atoms. The molecule has 0 saturated carbocycles. The highest BCUT2D eigenvalue weighted by molar-refractivity contribution is 4.89. The van der Waals surface area contributed by atoms with Crippen LogP contribution in [0.15, 0.2) is 0 Å². The van der Waals surface area contributed by atoms with Crippen LogP contribution in [0.3, 0.4) is 0 Å². The van der Waals surface area contributed by atoms with Crippen LogP contribution in [-0.4, -0.2) is 36.6 Å². The third-order valence-electron chi connectivity index (χ3n) is 3.41. The number of hydrogen-bond donors (Lipinski definition) is 1. The molecule has 1 N–H and O–H groups in total. The predicted octanol–water partition coefficient (Wildman–Crippen LogP) is 2.25. The summed E-state index contributed by atoms with van der Waals surface area (Å²) in [7, 11) is 0. The van der Waals surface area contributed by atoms with E-state index in [4.69, 9.17) is 0 Å². The second kappa shape index (κ2) is 5.72. The molecular formula is C12H26N2. The van der Waals surface area contributed by atoms with Crippen LogP contribution in [0, 0.1) is 0 Å². The Balaban J connectivity index is 2.25. The molecule has 0 bridgehead atoms. The maximum Gasteiger partial charge on any atom is 0.0278 e. The van der Waals surface area contributed by atoms with Crippen molar-refractivity contribution in [2.45, 2.75) is 52.0 Å². The average molecular weight is 198 g/mol. The molecule has 2 nitrogen and oxygen atoms in total. The van der Waals surface area contributed by atoms with Crippen molar-refractivity contribution in [2.24, 2.45) is 0 Å². The van der Waals surface area contributed by atoms with Gasteiger partial charge in [0.1, 0.15) is 0 Å². The third-order valence-corrected chi connectivity index (χ3v) is 3.41. The van der Waals surface area contributed by atoms with Crippen LogP contribution in [0.4, 0.5) is 0 Å². The van der Waals surface area contributed by atoms with Gasteiger partial charge < -0.3 is 10.2 Å². The van der Waals surface area contributed by atoms with E-state index in [0.717, 1.165) is 6.54 Å². The Kier molecular flexibility index (Phi) is 4.90. The lowest BCUT2D eigenvalue weighted by molar-refractivity contribution is 0.138. The molecule has 0 amide bonds. The Hall–Kier alpha value is -0.0800. The molecule has 2 heteroatoms. The van der Waals surface area contributed by atoms with Crippen molar-refractivity contribution < 1.29 is 0 Å². The molecule has 0 radical (unpaired) electrons. The lowest BCUT2D eigenvalue weighted by Crippen LogP contribution is -2.58. The summed E-state index contributed by atoms with van der Waals surface area (Å²) in [6.45, 7) is 11.8. The molecule has 0 aromatic carbocycles. The van der Waals surface area contributed by atoms with Crippen LogP contribution in [0.5, 0.6) is 0 Å². The van der Waals surface area contributed by atoms with Crippen molar-refractivity contribution in [3.63, 3.8) is 0 Å². The van der Waals surface area contributed by atoms with E-state index < -0.39 is 0 Å². The Morgan fingerprint density at radius 1 is 1.29 bits per heavy atom. The molecule has 0 aromatic heterocycles. The Bertz CT molecular complexity index is 158. The smallest absolute Gasteiger partial charge is 0.0278 e. The van der Waals surface area contributed by atoms with Gasteiger partial charge in [-0.15, -0.1) is 0 Å². The summed E-state index contributed by atoms with van der Waals surface area (Å²) in [5.74, 6) is 0. The van der Waals surface area contributed by atoms with Crippen LogP contribution < -0.4 is 5.32 Å². The maximum absolute atomic E-state index is 3.62. The fourth-order valence-corrected chi connectivity index (χ4v) is 2.16. The molecule has 1 saturated heterocycles. The van der Waals surface area contributed by atoms with E-state index >= 15 is 0 Å². The van der Waals surface area contributed by atoms with E-state index in [1.54, 1.807) is 0 Å². The van der Waals surface area contributed by atoms with Gasteiger partial charge in [-0.1, -0.05) is 26.7 Å². The molecule has 0 aliphatic carbocycles. The standard InChI is InChI=1S/C12H26N2/c1-4-6-7-9-14-10-8-13-12(3,5-2)11-14/h13H,4-11H2,1-3H3. The summed E-state index contributed by atoms with van der Waals surface area (Å²) in [6.07, 6.45) is 5.32. The van der Waals surface area contributed by atoms with E-state index in [2.05, 4.69) is 31.0 Å². The van der Waals surface area contributed by atoms with Gasteiger partial charge in [0.25, 0.3) is 0 Å². The first-order valence-corrected chi connectivity index (χ1v) is 6.17. The van der Waals surface area contributed by atoms with Gasteiger partial charge in [-0.05, 0) is 26.3 Å². The van der Waals surface area contributed by atoms with Gasteiger partial charge in [-0.2, -0.15) is 0 Å². The summed E-state index contributed by atoms with van der Waals surface area (Å²) in [4.78, 5) is 2.62. The van der Waals surface area contributed by atoms with Crippen molar-refractivity contribution in [3.05, 3.63) is 0 Å². The van der Waals surface area contributed by atoms with E-state index in [0.29, 0.717) is 5.54 Å². The van der Waals surface area contributed by atoms with Crippen molar-refractivity contribution in [1.82, 2.24) is 10.2 Å². The van der Waals surface area contributed by atoms with Gasteiger partial charge in [0.15, 0.2) is 0 Å². The molecule has 1 fully saturated rings. The highest BCUT2D eigenvalue weighted by atomic mass is 15.2. The van der Waals surface area contributed by atoms with E-state index in [-0.39, 0.29) is 0 Å².